The number of benzene rings is 1. The highest BCUT2D eigenvalue weighted by molar-refractivity contribution is 5.82. The second kappa shape index (κ2) is 9.24. The van der Waals surface area contributed by atoms with E-state index in [-0.39, 0.29) is 23.7 Å². The molecule has 1 atom stereocenters. The first-order valence-electron chi connectivity index (χ1n) is 11.2. The van der Waals surface area contributed by atoms with E-state index in [4.69, 9.17) is 0 Å². The van der Waals surface area contributed by atoms with Crippen molar-refractivity contribution in [2.45, 2.75) is 57.5 Å². The number of piperazine rings is 1. The largest absolute Gasteiger partial charge is 0.351 e. The second-order valence-electron chi connectivity index (χ2n) is 8.82. The molecule has 0 spiro atoms. The third kappa shape index (κ3) is 4.80. The van der Waals surface area contributed by atoms with Crippen molar-refractivity contribution in [1.82, 2.24) is 15.1 Å². The van der Waals surface area contributed by atoms with Crippen molar-refractivity contribution in [3.8, 4) is 0 Å². The second-order valence-corrected chi connectivity index (χ2v) is 8.82. The van der Waals surface area contributed by atoms with Gasteiger partial charge in [-0.15, -0.1) is 0 Å². The van der Waals surface area contributed by atoms with E-state index in [2.05, 4.69) is 10.2 Å². The van der Waals surface area contributed by atoms with Crippen molar-refractivity contribution in [2.24, 2.45) is 11.8 Å². The van der Waals surface area contributed by atoms with E-state index in [9.17, 15) is 14.0 Å². The van der Waals surface area contributed by atoms with E-state index in [0.717, 1.165) is 57.4 Å². The normalized spacial score (nSPS) is 22.3. The van der Waals surface area contributed by atoms with Crippen LogP contribution < -0.4 is 5.32 Å². The monoisotopic (exact) mass is 401 g/mol. The molecule has 3 aliphatic rings. The Morgan fingerprint density at radius 2 is 1.62 bits per heavy atom. The molecule has 1 aromatic carbocycles. The lowest BCUT2D eigenvalue weighted by atomic mass is 9.84. The van der Waals surface area contributed by atoms with Crippen LogP contribution in [-0.4, -0.2) is 53.8 Å². The molecule has 29 heavy (non-hydrogen) atoms. The van der Waals surface area contributed by atoms with Gasteiger partial charge in [0.2, 0.25) is 11.8 Å². The quantitative estimate of drug-likeness (QED) is 0.797. The average Bonchev–Trinajstić information content (AvgIpc) is 3.21. The van der Waals surface area contributed by atoms with E-state index in [0.29, 0.717) is 18.4 Å². The van der Waals surface area contributed by atoms with Crippen molar-refractivity contribution in [3.05, 3.63) is 35.6 Å². The highest BCUT2D eigenvalue weighted by atomic mass is 19.1. The first kappa shape index (κ1) is 20.3. The summed E-state index contributed by atoms with van der Waals surface area (Å²) in [5.74, 6) is 0.746. The van der Waals surface area contributed by atoms with Crippen molar-refractivity contribution in [2.75, 3.05) is 26.2 Å². The van der Waals surface area contributed by atoms with Crippen molar-refractivity contribution < 1.29 is 14.0 Å². The van der Waals surface area contributed by atoms with Crippen LogP contribution in [0.15, 0.2) is 24.3 Å². The third-order valence-corrected chi connectivity index (χ3v) is 6.97. The predicted octanol–water partition coefficient (Wildman–Crippen LogP) is 2.95. The zero-order valence-electron chi connectivity index (χ0n) is 17.1. The van der Waals surface area contributed by atoms with Crippen LogP contribution in [0, 0.1) is 17.7 Å². The Morgan fingerprint density at radius 1 is 0.966 bits per heavy atom. The van der Waals surface area contributed by atoms with E-state index in [1.54, 1.807) is 12.1 Å². The fourth-order valence-corrected chi connectivity index (χ4v) is 4.98. The van der Waals surface area contributed by atoms with Gasteiger partial charge in [-0.3, -0.25) is 14.5 Å². The summed E-state index contributed by atoms with van der Waals surface area (Å²) in [6.45, 7) is 3.41. The van der Waals surface area contributed by atoms with Crippen LogP contribution in [0.5, 0.6) is 0 Å². The van der Waals surface area contributed by atoms with Crippen LogP contribution >= 0.6 is 0 Å². The van der Waals surface area contributed by atoms with E-state index in [1.165, 1.54) is 31.4 Å². The Labute approximate surface area is 172 Å². The maximum atomic E-state index is 13.1. The van der Waals surface area contributed by atoms with Gasteiger partial charge in [0.1, 0.15) is 5.82 Å². The smallest absolute Gasteiger partial charge is 0.237 e. The van der Waals surface area contributed by atoms with E-state index in [1.807, 2.05) is 4.90 Å². The maximum absolute atomic E-state index is 13.1. The number of carbonyl (C=O) groups excluding carboxylic acids is 2. The molecule has 0 radical (unpaired) electrons. The molecule has 2 aliphatic carbocycles. The fourth-order valence-electron chi connectivity index (χ4n) is 4.98. The highest BCUT2D eigenvalue weighted by Crippen LogP contribution is 2.32. The van der Waals surface area contributed by atoms with E-state index >= 15 is 0 Å². The molecule has 1 heterocycles. The minimum Gasteiger partial charge on any atom is -0.351 e. The number of hydrogen-bond acceptors (Lipinski definition) is 3. The molecule has 3 fully saturated rings. The molecular formula is C23H32FN3O2. The van der Waals surface area contributed by atoms with Crippen molar-refractivity contribution in [1.29, 1.82) is 0 Å². The summed E-state index contributed by atoms with van der Waals surface area (Å²) in [5, 5.41) is 3.08. The molecule has 1 aromatic rings. The Hall–Kier alpha value is -1.95. The molecule has 2 amide bonds. The van der Waals surface area contributed by atoms with Gasteiger partial charge in [0, 0.05) is 38.6 Å². The van der Waals surface area contributed by atoms with Crippen LogP contribution in [0.3, 0.4) is 0 Å². The van der Waals surface area contributed by atoms with Crippen LogP contribution in [0.25, 0.3) is 0 Å². The summed E-state index contributed by atoms with van der Waals surface area (Å²) in [4.78, 5) is 30.0. The summed E-state index contributed by atoms with van der Waals surface area (Å²) in [7, 11) is 0. The van der Waals surface area contributed by atoms with Gasteiger partial charge >= 0.3 is 0 Å². The van der Waals surface area contributed by atoms with Gasteiger partial charge in [0.25, 0.3) is 0 Å². The molecular weight excluding hydrogens is 369 g/mol. The molecule has 158 valence electrons. The molecule has 5 nitrogen and oxygen atoms in total. The topological polar surface area (TPSA) is 52.7 Å². The first-order chi connectivity index (χ1) is 14.1. The van der Waals surface area contributed by atoms with Gasteiger partial charge in [-0.1, -0.05) is 31.4 Å². The zero-order valence-corrected chi connectivity index (χ0v) is 17.1. The third-order valence-electron chi connectivity index (χ3n) is 6.97. The van der Waals surface area contributed by atoms with Gasteiger partial charge in [-0.05, 0) is 49.3 Å². The summed E-state index contributed by atoms with van der Waals surface area (Å²) in [6, 6.07) is 6.15. The minimum absolute atomic E-state index is 0.0694. The van der Waals surface area contributed by atoms with Crippen molar-refractivity contribution in [3.63, 3.8) is 0 Å². The lowest BCUT2D eigenvalue weighted by Crippen LogP contribution is -2.58. The molecule has 1 aliphatic heterocycles. The first-order valence-corrected chi connectivity index (χ1v) is 11.2. The van der Waals surface area contributed by atoms with Crippen LogP contribution in [-0.2, 0) is 16.1 Å². The van der Waals surface area contributed by atoms with Gasteiger partial charge < -0.3 is 10.2 Å². The molecule has 0 aromatic heterocycles. The summed E-state index contributed by atoms with van der Waals surface area (Å²) >= 11 is 0. The van der Waals surface area contributed by atoms with Crippen molar-refractivity contribution >= 4 is 11.8 Å². The summed E-state index contributed by atoms with van der Waals surface area (Å²) in [5.41, 5.74) is 0.904. The molecule has 2 saturated carbocycles. The van der Waals surface area contributed by atoms with E-state index < -0.39 is 0 Å². The number of nitrogens with zero attached hydrogens (tertiary/aromatic N) is 2. The number of carbonyl (C=O) groups is 2. The molecule has 6 heteroatoms. The standard InChI is InChI=1S/C23H32FN3O2/c24-20-10-8-17(9-11-20)16-25-22(28)21(18-4-1-2-5-18)26-12-14-27(15-13-26)23(29)19-6-3-7-19/h8-11,18-19,21H,1-7,12-16H2,(H,25,28). The summed E-state index contributed by atoms with van der Waals surface area (Å²) in [6.07, 6.45) is 7.81. The van der Waals surface area contributed by atoms with Crippen LogP contribution in [0.2, 0.25) is 0 Å². The van der Waals surface area contributed by atoms with Gasteiger partial charge in [0.05, 0.1) is 6.04 Å². The zero-order chi connectivity index (χ0) is 20.2. The Balaban J connectivity index is 1.36. The SMILES string of the molecule is O=C(NCc1ccc(F)cc1)C(C1CCCC1)N1CCN(C(=O)C2CCC2)CC1. The Morgan fingerprint density at radius 3 is 2.21 bits per heavy atom. The maximum Gasteiger partial charge on any atom is 0.237 e. The number of hydrogen-bond donors (Lipinski definition) is 1. The fraction of sp³-hybridized carbons (Fsp3) is 0.652. The Kier molecular flexibility index (Phi) is 6.48. The predicted molar refractivity (Wildman–Crippen MR) is 109 cm³/mol. The summed E-state index contributed by atoms with van der Waals surface area (Å²) < 4.78 is 13.1. The van der Waals surface area contributed by atoms with Crippen LogP contribution in [0.4, 0.5) is 4.39 Å². The minimum atomic E-state index is -0.266. The molecule has 1 unspecified atom stereocenters. The number of amides is 2. The molecule has 4 rings (SSSR count). The lowest BCUT2D eigenvalue weighted by molar-refractivity contribution is -0.141. The van der Waals surface area contributed by atoms with Crippen LogP contribution in [0.1, 0.15) is 50.5 Å². The van der Waals surface area contributed by atoms with Gasteiger partial charge in [-0.25, -0.2) is 4.39 Å². The number of nitrogens with one attached hydrogen (secondary N) is 1. The Bertz CT molecular complexity index is 705. The molecule has 1 N–H and O–H groups in total. The molecule has 0 bridgehead atoms. The van der Waals surface area contributed by atoms with Gasteiger partial charge in [-0.2, -0.15) is 0 Å². The van der Waals surface area contributed by atoms with Gasteiger partial charge in [0.15, 0.2) is 0 Å². The number of rotatable bonds is 6. The average molecular weight is 402 g/mol. The number of halogens is 1. The molecule has 1 saturated heterocycles. The lowest BCUT2D eigenvalue weighted by Gasteiger charge is -2.42. The highest BCUT2D eigenvalue weighted by Gasteiger charge is 2.38.